The number of hydrogen-bond acceptors (Lipinski definition) is 5. The number of carbonyl (C=O) groups is 2. The Balaban J connectivity index is 1.67. The molecule has 0 radical (unpaired) electrons. The summed E-state index contributed by atoms with van der Waals surface area (Å²) in [4.78, 5) is 27.9. The number of fused-ring (bicyclic) bond motifs is 2. The number of hydrogen-bond donors (Lipinski definition) is 0. The molecule has 0 fully saturated rings. The molecular formula is C21H16N4O2S. The van der Waals surface area contributed by atoms with Crippen LogP contribution in [0.3, 0.4) is 0 Å². The zero-order valence-corrected chi connectivity index (χ0v) is 16.2. The van der Waals surface area contributed by atoms with E-state index in [9.17, 15) is 20.1 Å². The van der Waals surface area contributed by atoms with Gasteiger partial charge in [0.2, 0.25) is 0 Å². The lowest BCUT2D eigenvalue weighted by Crippen LogP contribution is -2.30. The highest BCUT2D eigenvalue weighted by Gasteiger charge is 2.34. The predicted molar refractivity (Wildman–Crippen MR) is 103 cm³/mol. The Morgan fingerprint density at radius 2 is 1.79 bits per heavy atom. The van der Waals surface area contributed by atoms with Gasteiger partial charge in [0.25, 0.3) is 11.8 Å². The zero-order valence-electron chi connectivity index (χ0n) is 15.4. The lowest BCUT2D eigenvalue weighted by Gasteiger charge is -2.19. The average Bonchev–Trinajstić information content (AvgIpc) is 3.19. The molecule has 2 aliphatic rings. The second-order valence-corrected chi connectivity index (χ2v) is 8.11. The smallest absolute Gasteiger partial charge is 0.265 e. The fourth-order valence-corrected chi connectivity index (χ4v) is 4.58. The molecule has 7 heteroatoms. The van der Waals surface area contributed by atoms with Crippen molar-refractivity contribution in [3.05, 3.63) is 63.7 Å². The molecule has 0 spiro atoms. The summed E-state index contributed by atoms with van der Waals surface area (Å²) in [5.74, 6) is -0.321. The van der Waals surface area contributed by atoms with Gasteiger partial charge >= 0.3 is 0 Å². The van der Waals surface area contributed by atoms with Gasteiger partial charge in [0.1, 0.15) is 0 Å². The van der Waals surface area contributed by atoms with Crippen molar-refractivity contribution in [1.29, 1.82) is 10.5 Å². The summed E-state index contributed by atoms with van der Waals surface area (Å²) >= 11 is 1.19. The van der Waals surface area contributed by atoms with Gasteiger partial charge in [-0.3, -0.25) is 13.9 Å². The van der Waals surface area contributed by atoms with Gasteiger partial charge in [-0.25, -0.2) is 0 Å². The van der Waals surface area contributed by atoms with Gasteiger partial charge in [-0.2, -0.15) is 10.5 Å². The summed E-state index contributed by atoms with van der Waals surface area (Å²) in [5, 5.41) is 18.8. The Morgan fingerprint density at radius 1 is 1.04 bits per heavy atom. The molecule has 0 saturated heterocycles. The molecule has 138 valence electrons. The molecule has 0 N–H and O–H groups in total. The van der Waals surface area contributed by atoms with E-state index in [1.54, 1.807) is 33.5 Å². The van der Waals surface area contributed by atoms with Gasteiger partial charge in [0.15, 0.2) is 0 Å². The third-order valence-electron chi connectivity index (χ3n) is 5.03. The fourth-order valence-electron chi connectivity index (χ4n) is 3.60. The highest BCUT2D eigenvalue weighted by atomic mass is 32.2. The minimum atomic E-state index is -0.230. The largest absolute Gasteiger partial charge is 0.332 e. The molecule has 0 unspecified atom stereocenters. The maximum absolute atomic E-state index is 12.8. The van der Waals surface area contributed by atoms with E-state index in [0.717, 1.165) is 11.1 Å². The SMILES string of the molecule is CC(C)N1Cc2c(C#N)cc(SN3Cc4cccc(C#N)c4C3=O)cc2C1=O. The summed E-state index contributed by atoms with van der Waals surface area (Å²) in [7, 11) is 0. The summed E-state index contributed by atoms with van der Waals surface area (Å²) in [6, 6.07) is 13.0. The van der Waals surface area contributed by atoms with Crippen LogP contribution in [0.2, 0.25) is 0 Å². The normalized spacial score (nSPS) is 14.9. The number of nitriles is 2. The van der Waals surface area contributed by atoms with Crippen LogP contribution in [0.5, 0.6) is 0 Å². The molecule has 0 saturated carbocycles. The van der Waals surface area contributed by atoms with Crippen LogP contribution in [0, 0.1) is 22.7 Å². The lowest BCUT2D eigenvalue weighted by molar-refractivity contribution is 0.0730. The Labute approximate surface area is 167 Å². The molecule has 4 rings (SSSR count). The van der Waals surface area contributed by atoms with Crippen molar-refractivity contribution in [2.75, 3.05) is 0 Å². The number of nitrogens with zero attached hydrogens (tertiary/aromatic N) is 4. The van der Waals surface area contributed by atoms with Gasteiger partial charge in [0.05, 0.1) is 35.4 Å². The second kappa shape index (κ2) is 6.70. The minimum Gasteiger partial charge on any atom is -0.332 e. The van der Waals surface area contributed by atoms with Crippen LogP contribution in [0.15, 0.2) is 35.2 Å². The van der Waals surface area contributed by atoms with Crippen LogP contribution in [0.4, 0.5) is 0 Å². The Kier molecular flexibility index (Phi) is 4.33. The average molecular weight is 388 g/mol. The molecule has 6 nitrogen and oxygen atoms in total. The standard InChI is InChI=1S/C21H16N4O2S/c1-12(2)24-11-18-15(9-23)6-16(7-17(18)20(24)26)28-25-10-14-5-3-4-13(8-22)19(14)21(25)27/h3-7,12H,10-11H2,1-2H3. The lowest BCUT2D eigenvalue weighted by atomic mass is 10.0. The van der Waals surface area contributed by atoms with Gasteiger partial charge in [-0.1, -0.05) is 12.1 Å². The van der Waals surface area contributed by atoms with Gasteiger partial charge in [-0.15, -0.1) is 0 Å². The zero-order chi connectivity index (χ0) is 20.0. The van der Waals surface area contributed by atoms with Crippen LogP contribution in [-0.4, -0.2) is 27.1 Å². The monoisotopic (exact) mass is 388 g/mol. The van der Waals surface area contributed by atoms with E-state index >= 15 is 0 Å². The topological polar surface area (TPSA) is 88.2 Å². The van der Waals surface area contributed by atoms with Crippen LogP contribution >= 0.6 is 11.9 Å². The Bertz CT molecular complexity index is 1110. The molecule has 2 amide bonds. The molecule has 0 atom stereocenters. The maximum atomic E-state index is 12.8. The first-order valence-electron chi connectivity index (χ1n) is 8.84. The van der Waals surface area contributed by atoms with Crippen molar-refractivity contribution in [2.24, 2.45) is 0 Å². The maximum Gasteiger partial charge on any atom is 0.265 e. The molecule has 0 bridgehead atoms. The van der Waals surface area contributed by atoms with Crippen molar-refractivity contribution in [3.8, 4) is 12.1 Å². The molecule has 2 aromatic carbocycles. The van der Waals surface area contributed by atoms with E-state index in [4.69, 9.17) is 0 Å². The quantitative estimate of drug-likeness (QED) is 0.752. The summed E-state index contributed by atoms with van der Waals surface area (Å²) < 4.78 is 1.56. The van der Waals surface area contributed by atoms with E-state index in [1.807, 2.05) is 19.9 Å². The molecule has 2 aliphatic heterocycles. The Hall–Kier alpha value is -3.29. The molecule has 2 aromatic rings. The molecule has 0 aliphatic carbocycles. The summed E-state index contributed by atoms with van der Waals surface area (Å²) in [5.41, 5.74) is 3.32. The first kappa shape index (κ1) is 18.1. The molecule has 28 heavy (non-hydrogen) atoms. The number of rotatable bonds is 3. The first-order chi connectivity index (χ1) is 13.4. The number of amides is 2. The van der Waals surface area contributed by atoms with Crippen molar-refractivity contribution >= 4 is 23.8 Å². The van der Waals surface area contributed by atoms with E-state index in [2.05, 4.69) is 12.1 Å². The highest BCUT2D eigenvalue weighted by Crippen LogP contribution is 2.37. The van der Waals surface area contributed by atoms with Crippen molar-refractivity contribution in [2.45, 2.75) is 37.9 Å². The molecule has 2 heterocycles. The van der Waals surface area contributed by atoms with Crippen LogP contribution in [0.1, 0.15) is 56.8 Å². The van der Waals surface area contributed by atoms with E-state index in [0.29, 0.717) is 40.2 Å². The number of carbonyl (C=O) groups excluding carboxylic acids is 2. The first-order valence-corrected chi connectivity index (χ1v) is 9.61. The third-order valence-corrected chi connectivity index (χ3v) is 5.99. The predicted octanol–water partition coefficient (Wildman–Crippen LogP) is 3.46. The van der Waals surface area contributed by atoms with E-state index in [1.165, 1.54) is 11.9 Å². The van der Waals surface area contributed by atoms with Crippen LogP contribution in [0.25, 0.3) is 0 Å². The second-order valence-electron chi connectivity index (χ2n) is 7.02. The van der Waals surface area contributed by atoms with Crippen LogP contribution < -0.4 is 0 Å². The van der Waals surface area contributed by atoms with Crippen molar-refractivity contribution in [3.63, 3.8) is 0 Å². The van der Waals surface area contributed by atoms with Gasteiger partial charge in [-0.05, 0) is 49.6 Å². The summed E-state index contributed by atoms with van der Waals surface area (Å²) in [6.45, 7) is 4.69. The fraction of sp³-hybridized carbons (Fsp3) is 0.238. The van der Waals surface area contributed by atoms with Gasteiger partial charge < -0.3 is 4.90 Å². The number of benzene rings is 2. The summed E-state index contributed by atoms with van der Waals surface area (Å²) in [6.07, 6.45) is 0. The van der Waals surface area contributed by atoms with Gasteiger partial charge in [0, 0.05) is 28.6 Å². The third kappa shape index (κ3) is 2.72. The van der Waals surface area contributed by atoms with Crippen LogP contribution in [-0.2, 0) is 13.1 Å². The van der Waals surface area contributed by atoms with E-state index in [-0.39, 0.29) is 17.9 Å². The minimum absolute atomic E-state index is 0.0432. The Morgan fingerprint density at radius 3 is 2.46 bits per heavy atom. The molecular weight excluding hydrogens is 372 g/mol. The molecule has 0 aromatic heterocycles. The van der Waals surface area contributed by atoms with Crippen molar-refractivity contribution < 1.29 is 9.59 Å². The highest BCUT2D eigenvalue weighted by molar-refractivity contribution is 7.97. The van der Waals surface area contributed by atoms with E-state index < -0.39 is 0 Å². The van der Waals surface area contributed by atoms with Crippen molar-refractivity contribution in [1.82, 2.24) is 9.21 Å².